The molecule has 0 fully saturated rings. The van der Waals surface area contributed by atoms with Crippen LogP contribution in [0.5, 0.6) is 11.5 Å². The fraction of sp³-hybridized carbons (Fsp3) is 0.125. The molecule has 1 aliphatic heterocycles. The fourth-order valence-electron chi connectivity index (χ4n) is 2.06. The first-order chi connectivity index (χ1) is 11.1. The Morgan fingerprint density at radius 3 is 3.00 bits per heavy atom. The number of hydrogen-bond donors (Lipinski definition) is 2. The zero-order valence-corrected chi connectivity index (χ0v) is 12.7. The van der Waals surface area contributed by atoms with E-state index in [1.165, 1.54) is 0 Å². The van der Waals surface area contributed by atoms with Crippen LogP contribution in [0, 0.1) is 0 Å². The summed E-state index contributed by atoms with van der Waals surface area (Å²) in [6, 6.07) is 11.8. The van der Waals surface area contributed by atoms with Gasteiger partial charge in [-0.1, -0.05) is 17.7 Å². The summed E-state index contributed by atoms with van der Waals surface area (Å²) in [6.45, 7) is -0.160. The molecule has 2 N–H and O–H groups in total. The Hall–Kier alpha value is -2.73. The molecule has 0 saturated heterocycles. The van der Waals surface area contributed by atoms with E-state index in [0.717, 1.165) is 0 Å². The van der Waals surface area contributed by atoms with E-state index >= 15 is 0 Å². The van der Waals surface area contributed by atoms with Gasteiger partial charge in [0.1, 0.15) is 11.5 Å². The molecule has 0 atom stereocenters. The first-order valence-corrected chi connectivity index (χ1v) is 7.23. The average Bonchev–Trinajstić information content (AvgIpc) is 2.53. The van der Waals surface area contributed by atoms with E-state index in [1.807, 2.05) is 0 Å². The van der Waals surface area contributed by atoms with Crippen LogP contribution < -0.4 is 20.1 Å². The van der Waals surface area contributed by atoms with E-state index in [0.29, 0.717) is 27.9 Å². The topological polar surface area (TPSA) is 76.7 Å². The predicted octanol–water partition coefficient (Wildman–Crippen LogP) is 2.69. The number of halogens is 1. The molecule has 0 spiro atoms. The second kappa shape index (κ2) is 6.58. The van der Waals surface area contributed by atoms with E-state index in [4.69, 9.17) is 21.1 Å². The Labute approximate surface area is 137 Å². The SMILES string of the molecule is O=C(COc1cccc(Cl)c1)Nc1ccc2c(c1)NC(=O)CO2. The van der Waals surface area contributed by atoms with E-state index in [2.05, 4.69) is 10.6 Å². The van der Waals surface area contributed by atoms with Crippen LogP contribution in [-0.4, -0.2) is 25.0 Å². The van der Waals surface area contributed by atoms with Crippen LogP contribution >= 0.6 is 11.6 Å². The standard InChI is InChI=1S/C16H13ClN2O4/c17-10-2-1-3-12(6-10)22-8-15(20)18-11-4-5-14-13(7-11)19-16(21)9-23-14/h1-7H,8-9H2,(H,18,20)(H,19,21). The van der Waals surface area contributed by atoms with Gasteiger partial charge in [-0.3, -0.25) is 9.59 Å². The number of nitrogens with one attached hydrogen (secondary N) is 2. The molecule has 0 aliphatic carbocycles. The number of carbonyl (C=O) groups is 2. The van der Waals surface area contributed by atoms with E-state index in [-0.39, 0.29) is 25.0 Å². The molecule has 1 aliphatic rings. The number of carbonyl (C=O) groups excluding carboxylic acids is 2. The molecular weight excluding hydrogens is 320 g/mol. The van der Waals surface area contributed by atoms with Crippen LogP contribution in [0.1, 0.15) is 0 Å². The van der Waals surface area contributed by atoms with Gasteiger partial charge in [-0.25, -0.2) is 0 Å². The first kappa shape index (κ1) is 15.2. The largest absolute Gasteiger partial charge is 0.484 e. The molecule has 3 rings (SSSR count). The number of ether oxygens (including phenoxy) is 2. The average molecular weight is 333 g/mol. The molecule has 7 heteroatoms. The van der Waals surface area contributed by atoms with Crippen LogP contribution in [0.15, 0.2) is 42.5 Å². The van der Waals surface area contributed by atoms with Gasteiger partial charge < -0.3 is 20.1 Å². The first-order valence-electron chi connectivity index (χ1n) is 6.85. The van der Waals surface area contributed by atoms with Gasteiger partial charge in [0.2, 0.25) is 0 Å². The van der Waals surface area contributed by atoms with Crippen LogP contribution in [0.4, 0.5) is 11.4 Å². The Morgan fingerprint density at radius 1 is 1.30 bits per heavy atom. The highest BCUT2D eigenvalue weighted by atomic mass is 35.5. The van der Waals surface area contributed by atoms with Crippen molar-refractivity contribution in [2.24, 2.45) is 0 Å². The van der Waals surface area contributed by atoms with Crippen molar-refractivity contribution in [2.75, 3.05) is 23.8 Å². The summed E-state index contributed by atoms with van der Waals surface area (Å²) in [5.41, 5.74) is 1.06. The van der Waals surface area contributed by atoms with Gasteiger partial charge in [0.05, 0.1) is 5.69 Å². The summed E-state index contributed by atoms with van der Waals surface area (Å²) in [4.78, 5) is 23.2. The van der Waals surface area contributed by atoms with Gasteiger partial charge in [0, 0.05) is 10.7 Å². The monoisotopic (exact) mass is 332 g/mol. The number of hydrogen-bond acceptors (Lipinski definition) is 4. The molecule has 118 valence electrons. The summed E-state index contributed by atoms with van der Waals surface area (Å²) in [7, 11) is 0. The van der Waals surface area contributed by atoms with Crippen LogP contribution in [0.2, 0.25) is 5.02 Å². The summed E-state index contributed by atoms with van der Waals surface area (Å²) in [5, 5.41) is 5.90. The van der Waals surface area contributed by atoms with Gasteiger partial charge in [-0.15, -0.1) is 0 Å². The Balaban J connectivity index is 1.59. The van der Waals surface area contributed by atoms with Crippen LogP contribution in [0.25, 0.3) is 0 Å². The maximum absolute atomic E-state index is 11.9. The van der Waals surface area contributed by atoms with Gasteiger partial charge in [0.15, 0.2) is 13.2 Å². The van der Waals surface area contributed by atoms with Crippen molar-refractivity contribution in [1.82, 2.24) is 0 Å². The Bertz CT molecular complexity index is 763. The maximum atomic E-state index is 11.9. The van der Waals surface area contributed by atoms with Crippen LogP contribution in [-0.2, 0) is 9.59 Å². The highest BCUT2D eigenvalue weighted by Gasteiger charge is 2.16. The zero-order valence-electron chi connectivity index (χ0n) is 12.0. The van der Waals surface area contributed by atoms with Crippen molar-refractivity contribution in [3.05, 3.63) is 47.5 Å². The van der Waals surface area contributed by atoms with Crippen molar-refractivity contribution in [2.45, 2.75) is 0 Å². The normalized spacial score (nSPS) is 12.7. The second-order valence-electron chi connectivity index (χ2n) is 4.84. The highest BCUT2D eigenvalue weighted by Crippen LogP contribution is 2.30. The Morgan fingerprint density at radius 2 is 2.17 bits per heavy atom. The number of fused-ring (bicyclic) bond motifs is 1. The summed E-state index contributed by atoms with van der Waals surface area (Å²) in [6.07, 6.45) is 0. The van der Waals surface area contributed by atoms with Crippen molar-refractivity contribution in [1.29, 1.82) is 0 Å². The molecule has 0 saturated carbocycles. The van der Waals surface area contributed by atoms with Gasteiger partial charge >= 0.3 is 0 Å². The van der Waals surface area contributed by atoms with E-state index in [1.54, 1.807) is 42.5 Å². The molecule has 6 nitrogen and oxygen atoms in total. The minimum atomic E-state index is -0.326. The lowest BCUT2D eigenvalue weighted by atomic mass is 10.2. The molecule has 0 aromatic heterocycles. The smallest absolute Gasteiger partial charge is 0.262 e. The molecule has 2 aromatic carbocycles. The molecule has 1 heterocycles. The minimum Gasteiger partial charge on any atom is -0.484 e. The second-order valence-corrected chi connectivity index (χ2v) is 5.28. The van der Waals surface area contributed by atoms with Gasteiger partial charge in [0.25, 0.3) is 11.8 Å². The van der Waals surface area contributed by atoms with E-state index in [9.17, 15) is 9.59 Å². The third kappa shape index (κ3) is 3.92. The molecule has 0 radical (unpaired) electrons. The molecule has 0 bridgehead atoms. The fourth-order valence-corrected chi connectivity index (χ4v) is 2.24. The molecular formula is C16H13ClN2O4. The third-order valence-electron chi connectivity index (χ3n) is 3.06. The molecule has 2 aromatic rings. The number of benzene rings is 2. The van der Waals surface area contributed by atoms with Crippen molar-refractivity contribution in [3.8, 4) is 11.5 Å². The van der Waals surface area contributed by atoms with Crippen molar-refractivity contribution >= 4 is 34.8 Å². The number of amides is 2. The summed E-state index contributed by atoms with van der Waals surface area (Å²) >= 11 is 5.84. The molecule has 23 heavy (non-hydrogen) atoms. The quantitative estimate of drug-likeness (QED) is 0.902. The lowest BCUT2D eigenvalue weighted by Gasteiger charge is -2.18. The van der Waals surface area contributed by atoms with E-state index < -0.39 is 0 Å². The van der Waals surface area contributed by atoms with Crippen molar-refractivity contribution in [3.63, 3.8) is 0 Å². The van der Waals surface area contributed by atoms with Gasteiger partial charge in [-0.05, 0) is 36.4 Å². The summed E-state index contributed by atoms with van der Waals surface area (Å²) < 4.78 is 10.6. The molecule has 0 unspecified atom stereocenters. The zero-order chi connectivity index (χ0) is 16.2. The third-order valence-corrected chi connectivity index (χ3v) is 3.30. The molecule has 2 amide bonds. The number of rotatable bonds is 4. The number of anilines is 2. The summed E-state index contributed by atoms with van der Waals surface area (Å²) in [5.74, 6) is 0.523. The minimum absolute atomic E-state index is 0.00776. The Kier molecular flexibility index (Phi) is 4.34. The lowest BCUT2D eigenvalue weighted by Crippen LogP contribution is -2.25. The van der Waals surface area contributed by atoms with Crippen molar-refractivity contribution < 1.29 is 19.1 Å². The predicted molar refractivity (Wildman–Crippen MR) is 86.1 cm³/mol. The highest BCUT2D eigenvalue weighted by molar-refractivity contribution is 6.30. The maximum Gasteiger partial charge on any atom is 0.262 e. The lowest BCUT2D eigenvalue weighted by molar-refractivity contribution is -0.119. The van der Waals surface area contributed by atoms with Gasteiger partial charge in [-0.2, -0.15) is 0 Å². The van der Waals surface area contributed by atoms with Crippen LogP contribution in [0.3, 0.4) is 0 Å².